The van der Waals surface area contributed by atoms with Crippen molar-refractivity contribution in [3.8, 4) is 6.07 Å². The van der Waals surface area contributed by atoms with E-state index in [9.17, 15) is 4.79 Å². The van der Waals surface area contributed by atoms with Crippen molar-refractivity contribution in [3.05, 3.63) is 0 Å². The van der Waals surface area contributed by atoms with E-state index >= 15 is 0 Å². The van der Waals surface area contributed by atoms with Gasteiger partial charge < -0.3 is 0 Å². The van der Waals surface area contributed by atoms with Crippen LogP contribution in [0.3, 0.4) is 0 Å². The van der Waals surface area contributed by atoms with E-state index in [0.29, 0.717) is 0 Å². The first kappa shape index (κ1) is 8.26. The van der Waals surface area contributed by atoms with Gasteiger partial charge in [0.1, 0.15) is 5.41 Å². The number of hydrogen-bond donors (Lipinski definition) is 0. The zero-order chi connectivity index (χ0) is 8.48. The molecule has 1 fully saturated rings. The summed E-state index contributed by atoms with van der Waals surface area (Å²) >= 11 is 0. The summed E-state index contributed by atoms with van der Waals surface area (Å²) in [6.07, 6.45) is 2.59. The Kier molecular flexibility index (Phi) is 1.99. The Morgan fingerprint density at radius 3 is 2.18 bits per heavy atom. The summed E-state index contributed by atoms with van der Waals surface area (Å²) in [6, 6.07) is 2.15. The van der Waals surface area contributed by atoms with Crippen LogP contribution in [0.15, 0.2) is 0 Å². The molecule has 0 radical (unpaired) electrons. The Balaban J connectivity index is 2.72. The molecule has 60 valence electrons. The molecule has 2 heteroatoms. The molecule has 0 spiro atoms. The number of carbonyl (C=O) groups is 1. The third kappa shape index (κ3) is 1.16. The lowest BCUT2D eigenvalue weighted by Crippen LogP contribution is -2.39. The van der Waals surface area contributed by atoms with Gasteiger partial charge >= 0.3 is 0 Å². The summed E-state index contributed by atoms with van der Waals surface area (Å²) < 4.78 is 0. The first-order chi connectivity index (χ1) is 5.12. The maximum absolute atomic E-state index is 11.5. The lowest BCUT2D eigenvalue weighted by molar-refractivity contribution is -0.132. The lowest BCUT2D eigenvalue weighted by Gasteiger charge is -2.34. The van der Waals surface area contributed by atoms with Crippen LogP contribution in [0.2, 0.25) is 0 Å². The Hall–Kier alpha value is -0.840. The highest BCUT2D eigenvalue weighted by atomic mass is 16.1. The molecule has 0 aliphatic heterocycles. The third-order valence-electron chi connectivity index (χ3n) is 2.42. The molecule has 2 nitrogen and oxygen atoms in total. The summed E-state index contributed by atoms with van der Waals surface area (Å²) in [5.74, 6) is 0.140. The molecule has 1 aliphatic carbocycles. The number of hydrogen-bond acceptors (Lipinski definition) is 2. The highest BCUT2D eigenvalue weighted by Crippen LogP contribution is 2.42. The van der Waals surface area contributed by atoms with Crippen molar-refractivity contribution in [2.45, 2.75) is 33.1 Å². The minimum Gasteiger partial charge on any atom is -0.298 e. The summed E-state index contributed by atoms with van der Waals surface area (Å²) in [4.78, 5) is 11.5. The van der Waals surface area contributed by atoms with Crippen molar-refractivity contribution in [1.82, 2.24) is 0 Å². The normalized spacial score (nSPS) is 20.5. The number of carbonyl (C=O) groups excluding carboxylic acids is 1. The summed E-state index contributed by atoms with van der Waals surface area (Å²) in [5, 5.41) is 8.78. The number of rotatable bonds is 2. The largest absolute Gasteiger partial charge is 0.298 e. The van der Waals surface area contributed by atoms with Crippen molar-refractivity contribution in [2.24, 2.45) is 11.3 Å². The molecule has 11 heavy (non-hydrogen) atoms. The first-order valence-electron chi connectivity index (χ1n) is 4.08. The van der Waals surface area contributed by atoms with Gasteiger partial charge in [-0.1, -0.05) is 13.8 Å². The molecule has 0 amide bonds. The van der Waals surface area contributed by atoms with E-state index in [-0.39, 0.29) is 11.7 Å². The molecule has 0 aromatic rings. The first-order valence-corrected chi connectivity index (χ1v) is 4.08. The van der Waals surface area contributed by atoms with E-state index in [1.54, 1.807) is 0 Å². The van der Waals surface area contributed by atoms with Gasteiger partial charge in [-0.2, -0.15) is 5.26 Å². The Bertz CT molecular complexity index is 208. The molecule has 0 bridgehead atoms. The maximum Gasteiger partial charge on any atom is 0.155 e. The second-order valence-electron chi connectivity index (χ2n) is 3.57. The van der Waals surface area contributed by atoms with Crippen LogP contribution in [0.4, 0.5) is 0 Å². The smallest absolute Gasteiger partial charge is 0.155 e. The zero-order valence-corrected chi connectivity index (χ0v) is 7.05. The van der Waals surface area contributed by atoms with Crippen LogP contribution >= 0.6 is 0 Å². The van der Waals surface area contributed by atoms with Gasteiger partial charge in [-0.3, -0.25) is 4.79 Å². The van der Waals surface area contributed by atoms with Crippen LogP contribution in [0.25, 0.3) is 0 Å². The summed E-state index contributed by atoms with van der Waals surface area (Å²) in [7, 11) is 0. The molecule has 1 aliphatic rings. The molecule has 0 saturated heterocycles. The van der Waals surface area contributed by atoms with Gasteiger partial charge in [0.15, 0.2) is 5.78 Å². The van der Waals surface area contributed by atoms with E-state index in [1.165, 1.54) is 0 Å². The third-order valence-corrected chi connectivity index (χ3v) is 2.42. The fourth-order valence-electron chi connectivity index (χ4n) is 1.50. The van der Waals surface area contributed by atoms with Gasteiger partial charge in [0.2, 0.25) is 0 Å². The molecular formula is C9H13NO. The average molecular weight is 151 g/mol. The molecule has 0 N–H and O–H groups in total. The minimum atomic E-state index is -0.589. The van der Waals surface area contributed by atoms with E-state index in [4.69, 9.17) is 5.26 Å². The van der Waals surface area contributed by atoms with Crippen molar-refractivity contribution in [3.63, 3.8) is 0 Å². The number of nitrogens with zero attached hydrogens (tertiary/aromatic N) is 1. The predicted octanol–water partition coefficient (Wildman–Crippen LogP) is 1.91. The van der Waals surface area contributed by atoms with Crippen LogP contribution in [-0.4, -0.2) is 5.78 Å². The number of nitriles is 1. The van der Waals surface area contributed by atoms with E-state index in [1.807, 2.05) is 13.8 Å². The molecule has 1 rings (SSSR count). The van der Waals surface area contributed by atoms with Gasteiger partial charge in [0.25, 0.3) is 0 Å². The fraction of sp³-hybridized carbons (Fsp3) is 0.778. The second kappa shape index (κ2) is 2.65. The number of Topliss-reactive ketones (excluding diaryl/α,β-unsaturated/α-hetero) is 1. The zero-order valence-electron chi connectivity index (χ0n) is 7.05. The monoisotopic (exact) mass is 151 g/mol. The Morgan fingerprint density at radius 2 is 2.09 bits per heavy atom. The van der Waals surface area contributed by atoms with Crippen molar-refractivity contribution in [1.29, 1.82) is 5.26 Å². The molecule has 0 unspecified atom stereocenters. The van der Waals surface area contributed by atoms with Crippen LogP contribution in [-0.2, 0) is 4.79 Å². The van der Waals surface area contributed by atoms with Gasteiger partial charge in [0.05, 0.1) is 6.07 Å². The Morgan fingerprint density at radius 1 is 1.55 bits per heavy atom. The summed E-state index contributed by atoms with van der Waals surface area (Å²) in [6.45, 7) is 3.72. The lowest BCUT2D eigenvalue weighted by atomic mass is 9.65. The van der Waals surface area contributed by atoms with Crippen molar-refractivity contribution < 1.29 is 4.79 Å². The molecule has 0 aromatic heterocycles. The molecule has 1 saturated carbocycles. The maximum atomic E-state index is 11.5. The topological polar surface area (TPSA) is 40.9 Å². The quantitative estimate of drug-likeness (QED) is 0.604. The van der Waals surface area contributed by atoms with Crippen LogP contribution < -0.4 is 0 Å². The van der Waals surface area contributed by atoms with Gasteiger partial charge in [-0.25, -0.2) is 0 Å². The second-order valence-corrected chi connectivity index (χ2v) is 3.57. The fourth-order valence-corrected chi connectivity index (χ4v) is 1.50. The van der Waals surface area contributed by atoms with Gasteiger partial charge in [-0.15, -0.1) is 0 Å². The van der Waals surface area contributed by atoms with Crippen LogP contribution in [0.1, 0.15) is 33.1 Å². The predicted molar refractivity (Wildman–Crippen MR) is 41.7 cm³/mol. The van der Waals surface area contributed by atoms with Crippen LogP contribution in [0, 0.1) is 22.7 Å². The SMILES string of the molecule is CC(C)C(=O)C1(C#N)CCC1. The molecule has 0 atom stereocenters. The summed E-state index contributed by atoms with van der Waals surface area (Å²) in [5.41, 5.74) is -0.589. The van der Waals surface area contributed by atoms with E-state index in [0.717, 1.165) is 19.3 Å². The highest BCUT2D eigenvalue weighted by molar-refractivity contribution is 5.89. The average Bonchev–Trinajstić information content (AvgIpc) is 1.86. The minimum absolute atomic E-state index is 0.00921. The van der Waals surface area contributed by atoms with Crippen molar-refractivity contribution in [2.75, 3.05) is 0 Å². The van der Waals surface area contributed by atoms with E-state index in [2.05, 4.69) is 6.07 Å². The molecular weight excluding hydrogens is 138 g/mol. The standard InChI is InChI=1S/C9H13NO/c1-7(2)8(11)9(6-10)4-3-5-9/h7H,3-5H2,1-2H3. The van der Waals surface area contributed by atoms with Gasteiger partial charge in [0, 0.05) is 5.92 Å². The Labute approximate surface area is 67.2 Å². The van der Waals surface area contributed by atoms with E-state index < -0.39 is 5.41 Å². The number of ketones is 1. The highest BCUT2D eigenvalue weighted by Gasteiger charge is 2.44. The van der Waals surface area contributed by atoms with Crippen LogP contribution in [0.5, 0.6) is 0 Å². The molecule has 0 aromatic carbocycles. The van der Waals surface area contributed by atoms with Gasteiger partial charge in [-0.05, 0) is 19.3 Å². The van der Waals surface area contributed by atoms with Crippen molar-refractivity contribution >= 4 is 5.78 Å². The molecule has 0 heterocycles.